The van der Waals surface area contributed by atoms with Crippen molar-refractivity contribution in [3.05, 3.63) is 11.7 Å². The first kappa shape index (κ1) is 15.0. The van der Waals surface area contributed by atoms with Gasteiger partial charge in [-0.25, -0.2) is 0 Å². The van der Waals surface area contributed by atoms with Crippen LogP contribution in [0.5, 0.6) is 0 Å². The van der Waals surface area contributed by atoms with Crippen molar-refractivity contribution in [3.63, 3.8) is 0 Å². The van der Waals surface area contributed by atoms with Gasteiger partial charge in [-0.3, -0.25) is 0 Å². The Kier molecular flexibility index (Phi) is 4.94. The van der Waals surface area contributed by atoms with Crippen LogP contribution < -0.4 is 5.32 Å². The van der Waals surface area contributed by atoms with Gasteiger partial charge in [-0.15, -0.1) is 0 Å². The number of aromatic nitrogens is 2. The fraction of sp³-hybridized carbons (Fsp3) is 0.882. The molecule has 0 aromatic carbocycles. The Morgan fingerprint density at radius 3 is 2.67 bits per heavy atom. The molecule has 1 aliphatic carbocycles. The molecule has 1 N–H and O–H groups in total. The highest BCUT2D eigenvalue weighted by atomic mass is 16.5. The van der Waals surface area contributed by atoms with E-state index in [4.69, 9.17) is 9.51 Å². The quantitative estimate of drug-likeness (QED) is 0.922. The molecule has 0 bridgehead atoms. The molecular weight excluding hydrogens is 262 g/mol. The van der Waals surface area contributed by atoms with Crippen LogP contribution in [-0.2, 0) is 6.42 Å². The number of piperidine rings is 1. The Hall–Kier alpha value is -0.900. The third kappa shape index (κ3) is 3.85. The lowest BCUT2D eigenvalue weighted by molar-refractivity contribution is 0.251. The number of hydrogen-bond donors (Lipinski definition) is 1. The summed E-state index contributed by atoms with van der Waals surface area (Å²) in [6.07, 6.45) is 8.59. The molecule has 1 aromatic rings. The van der Waals surface area contributed by atoms with E-state index in [1.165, 1.54) is 38.5 Å². The highest BCUT2D eigenvalue weighted by Gasteiger charge is 2.27. The van der Waals surface area contributed by atoms with Gasteiger partial charge < -0.3 is 9.84 Å². The Balaban J connectivity index is 1.53. The van der Waals surface area contributed by atoms with Crippen LogP contribution in [0, 0.1) is 17.8 Å². The summed E-state index contributed by atoms with van der Waals surface area (Å²) < 4.78 is 5.51. The second-order valence-corrected chi connectivity index (χ2v) is 7.32. The molecule has 0 radical (unpaired) electrons. The van der Waals surface area contributed by atoms with Crippen molar-refractivity contribution < 1.29 is 4.52 Å². The van der Waals surface area contributed by atoms with Crippen LogP contribution >= 0.6 is 0 Å². The summed E-state index contributed by atoms with van der Waals surface area (Å²) in [4.78, 5) is 4.69. The van der Waals surface area contributed by atoms with Crippen LogP contribution in [0.4, 0.5) is 0 Å². The van der Waals surface area contributed by atoms with E-state index in [0.717, 1.165) is 43.1 Å². The minimum Gasteiger partial charge on any atom is -0.339 e. The van der Waals surface area contributed by atoms with Gasteiger partial charge in [-0.1, -0.05) is 19.0 Å². The summed E-state index contributed by atoms with van der Waals surface area (Å²) in [5.41, 5.74) is 0. The molecule has 1 atom stereocenters. The molecule has 2 fully saturated rings. The first-order valence-electron chi connectivity index (χ1n) is 8.75. The molecule has 3 rings (SSSR count). The summed E-state index contributed by atoms with van der Waals surface area (Å²) in [6.45, 7) is 6.94. The van der Waals surface area contributed by atoms with Crippen molar-refractivity contribution in [1.29, 1.82) is 0 Å². The van der Waals surface area contributed by atoms with Gasteiger partial charge in [-0.2, -0.15) is 4.98 Å². The topological polar surface area (TPSA) is 51.0 Å². The summed E-state index contributed by atoms with van der Waals surface area (Å²) in [7, 11) is 0. The lowest BCUT2D eigenvalue weighted by atomic mass is 9.77. The molecule has 4 nitrogen and oxygen atoms in total. The first-order chi connectivity index (χ1) is 10.2. The number of nitrogens with zero attached hydrogens (tertiary/aromatic N) is 2. The fourth-order valence-corrected chi connectivity index (χ4v) is 3.91. The summed E-state index contributed by atoms with van der Waals surface area (Å²) in [5, 5.41) is 7.72. The van der Waals surface area contributed by atoms with Crippen LogP contribution in [0.3, 0.4) is 0 Å². The maximum absolute atomic E-state index is 5.51. The molecular formula is C17H29N3O. The zero-order valence-corrected chi connectivity index (χ0v) is 13.5. The molecule has 0 amide bonds. The van der Waals surface area contributed by atoms with Gasteiger partial charge in [0.25, 0.3) is 0 Å². The zero-order chi connectivity index (χ0) is 14.7. The highest BCUT2D eigenvalue weighted by molar-refractivity contribution is 4.98. The van der Waals surface area contributed by atoms with E-state index in [0.29, 0.717) is 11.8 Å². The van der Waals surface area contributed by atoms with Gasteiger partial charge in [0.2, 0.25) is 5.89 Å². The Morgan fingerprint density at radius 2 is 2.00 bits per heavy atom. The van der Waals surface area contributed by atoms with Gasteiger partial charge in [0, 0.05) is 12.3 Å². The molecule has 0 spiro atoms. The van der Waals surface area contributed by atoms with Crippen LogP contribution in [0.2, 0.25) is 0 Å². The maximum atomic E-state index is 5.51. The second-order valence-electron chi connectivity index (χ2n) is 7.32. The van der Waals surface area contributed by atoms with E-state index < -0.39 is 0 Å². The lowest BCUT2D eigenvalue weighted by Crippen LogP contribution is -2.30. The number of nitrogens with one attached hydrogen (secondary N) is 1. The van der Waals surface area contributed by atoms with Crippen molar-refractivity contribution in [2.45, 2.75) is 64.7 Å². The first-order valence-corrected chi connectivity index (χ1v) is 8.75. The van der Waals surface area contributed by atoms with Crippen LogP contribution in [0.15, 0.2) is 4.52 Å². The van der Waals surface area contributed by atoms with Crippen LogP contribution in [-0.4, -0.2) is 23.2 Å². The SMILES string of the molecule is CC(C)C1CCC(c2noc(CC3CCCNC3)n2)CC1. The third-order valence-electron chi connectivity index (χ3n) is 5.43. The van der Waals surface area contributed by atoms with E-state index >= 15 is 0 Å². The Labute approximate surface area is 128 Å². The maximum Gasteiger partial charge on any atom is 0.226 e. The van der Waals surface area contributed by atoms with Gasteiger partial charge in [-0.05, 0) is 69.4 Å². The largest absolute Gasteiger partial charge is 0.339 e. The number of rotatable bonds is 4. The summed E-state index contributed by atoms with van der Waals surface area (Å²) in [5.74, 6) is 4.72. The van der Waals surface area contributed by atoms with E-state index in [2.05, 4.69) is 24.3 Å². The van der Waals surface area contributed by atoms with Gasteiger partial charge in [0.05, 0.1) is 0 Å². The van der Waals surface area contributed by atoms with Gasteiger partial charge >= 0.3 is 0 Å². The Bertz CT molecular complexity index is 429. The highest BCUT2D eigenvalue weighted by Crippen LogP contribution is 2.37. The molecule has 2 heterocycles. The van der Waals surface area contributed by atoms with Crippen molar-refractivity contribution in [2.75, 3.05) is 13.1 Å². The second kappa shape index (κ2) is 6.91. The predicted molar refractivity (Wildman–Crippen MR) is 83.1 cm³/mol. The summed E-state index contributed by atoms with van der Waals surface area (Å²) in [6, 6.07) is 0. The van der Waals surface area contributed by atoms with Crippen molar-refractivity contribution in [2.24, 2.45) is 17.8 Å². The minimum absolute atomic E-state index is 0.530. The molecule has 4 heteroatoms. The van der Waals surface area contributed by atoms with Crippen LogP contribution in [0.25, 0.3) is 0 Å². The lowest BCUT2D eigenvalue weighted by Gasteiger charge is -2.29. The number of hydrogen-bond acceptors (Lipinski definition) is 4. The molecule has 21 heavy (non-hydrogen) atoms. The average Bonchev–Trinajstić information content (AvgIpc) is 2.97. The molecule has 1 saturated heterocycles. The fourth-order valence-electron chi connectivity index (χ4n) is 3.91. The normalized spacial score (nSPS) is 30.7. The molecule has 118 valence electrons. The van der Waals surface area contributed by atoms with Crippen molar-refractivity contribution in [3.8, 4) is 0 Å². The molecule has 1 aliphatic heterocycles. The standard InChI is InChI=1S/C17H29N3O/c1-12(2)14-5-7-15(8-6-14)17-19-16(21-20-17)10-13-4-3-9-18-11-13/h12-15,18H,3-11H2,1-2H3. The molecule has 1 aromatic heterocycles. The Morgan fingerprint density at radius 1 is 1.19 bits per heavy atom. The van der Waals surface area contributed by atoms with E-state index in [1.54, 1.807) is 0 Å². The molecule has 2 aliphatic rings. The zero-order valence-electron chi connectivity index (χ0n) is 13.5. The van der Waals surface area contributed by atoms with Gasteiger partial charge in [0.1, 0.15) is 0 Å². The average molecular weight is 291 g/mol. The van der Waals surface area contributed by atoms with Crippen molar-refractivity contribution in [1.82, 2.24) is 15.5 Å². The monoisotopic (exact) mass is 291 g/mol. The predicted octanol–water partition coefficient (Wildman–Crippen LogP) is 3.54. The smallest absolute Gasteiger partial charge is 0.226 e. The van der Waals surface area contributed by atoms with Crippen LogP contribution in [0.1, 0.15) is 70.0 Å². The van der Waals surface area contributed by atoms with E-state index in [9.17, 15) is 0 Å². The third-order valence-corrected chi connectivity index (χ3v) is 5.43. The van der Waals surface area contributed by atoms with E-state index in [1.807, 2.05) is 0 Å². The minimum atomic E-state index is 0.530. The van der Waals surface area contributed by atoms with E-state index in [-0.39, 0.29) is 0 Å². The summed E-state index contributed by atoms with van der Waals surface area (Å²) >= 11 is 0. The van der Waals surface area contributed by atoms with Crippen molar-refractivity contribution >= 4 is 0 Å². The molecule has 1 unspecified atom stereocenters. The van der Waals surface area contributed by atoms with Gasteiger partial charge in [0.15, 0.2) is 5.82 Å². The molecule has 1 saturated carbocycles.